The molecule has 0 spiro atoms. The van der Waals surface area contributed by atoms with Gasteiger partial charge < -0.3 is 9.84 Å². The van der Waals surface area contributed by atoms with Crippen LogP contribution in [0.2, 0.25) is 0 Å². The Hall–Kier alpha value is -2.10. The maximum atomic E-state index is 11.6. The first-order valence-corrected chi connectivity index (χ1v) is 6.88. The second kappa shape index (κ2) is 6.89. The molecule has 1 aliphatic rings. The molecule has 2 rings (SSSR count). The highest BCUT2D eigenvalue weighted by Gasteiger charge is 2.19. The summed E-state index contributed by atoms with van der Waals surface area (Å²) in [4.78, 5) is 22.0. The van der Waals surface area contributed by atoms with Gasteiger partial charge in [-0.2, -0.15) is 0 Å². The van der Waals surface area contributed by atoms with Gasteiger partial charge in [-0.25, -0.2) is 9.59 Å². The van der Waals surface area contributed by atoms with Crippen molar-refractivity contribution in [2.24, 2.45) is 0 Å². The van der Waals surface area contributed by atoms with Crippen LogP contribution in [0, 0.1) is 0 Å². The van der Waals surface area contributed by atoms with E-state index in [4.69, 9.17) is 9.84 Å². The Bertz CT molecular complexity index is 513. The summed E-state index contributed by atoms with van der Waals surface area (Å²) in [5.41, 5.74) is 1.05. The van der Waals surface area contributed by atoms with Gasteiger partial charge in [0.25, 0.3) is 0 Å². The number of aliphatic carboxylic acids is 1. The second-order valence-corrected chi connectivity index (χ2v) is 4.97. The number of carbonyl (C=O) groups is 2. The number of rotatable bonds is 4. The van der Waals surface area contributed by atoms with Gasteiger partial charge in [-0.15, -0.1) is 0 Å². The number of carboxylic acid groups (broad SMARTS) is 1. The topological polar surface area (TPSA) is 63.6 Å². The fourth-order valence-electron chi connectivity index (χ4n) is 2.61. The highest BCUT2D eigenvalue weighted by molar-refractivity contribution is 5.91. The summed E-state index contributed by atoms with van der Waals surface area (Å²) in [5, 5.41) is 8.49. The van der Waals surface area contributed by atoms with Crippen molar-refractivity contribution in [3.63, 3.8) is 0 Å². The number of ether oxygens (including phenoxy) is 1. The van der Waals surface area contributed by atoms with Crippen molar-refractivity contribution >= 4 is 11.9 Å². The summed E-state index contributed by atoms with van der Waals surface area (Å²) in [6, 6.07) is 7.50. The lowest BCUT2D eigenvalue weighted by Crippen LogP contribution is -2.10. The normalized spacial score (nSPS) is 16.2. The molecule has 0 amide bonds. The summed E-state index contributed by atoms with van der Waals surface area (Å²) < 4.78 is 5.26. The molecule has 0 aliphatic heterocycles. The first-order valence-electron chi connectivity index (χ1n) is 6.88. The molecule has 1 saturated carbocycles. The zero-order chi connectivity index (χ0) is 14.4. The molecule has 0 bridgehead atoms. The minimum Gasteiger partial charge on any atom is -0.478 e. The van der Waals surface area contributed by atoms with Gasteiger partial charge in [-0.3, -0.25) is 0 Å². The summed E-state index contributed by atoms with van der Waals surface area (Å²) in [7, 11) is 0. The van der Waals surface area contributed by atoms with Crippen molar-refractivity contribution in [1.29, 1.82) is 0 Å². The van der Waals surface area contributed by atoms with E-state index in [1.165, 1.54) is 19.3 Å². The van der Waals surface area contributed by atoms with Gasteiger partial charge in [-0.05, 0) is 30.4 Å². The van der Waals surface area contributed by atoms with Crippen LogP contribution >= 0.6 is 0 Å². The van der Waals surface area contributed by atoms with Gasteiger partial charge in [0.2, 0.25) is 0 Å². The number of carboxylic acids is 1. The summed E-state index contributed by atoms with van der Waals surface area (Å²) in [6.07, 6.45) is 7.60. The van der Waals surface area contributed by atoms with Gasteiger partial charge >= 0.3 is 11.9 Å². The van der Waals surface area contributed by atoms with Crippen LogP contribution in [-0.2, 0) is 9.59 Å². The maximum Gasteiger partial charge on any atom is 0.336 e. The molecule has 0 heterocycles. The number of carbonyl (C=O) groups excluding carboxylic acids is 1. The Balaban J connectivity index is 2.11. The fourth-order valence-corrected chi connectivity index (χ4v) is 2.61. The van der Waals surface area contributed by atoms with Crippen molar-refractivity contribution < 1.29 is 19.4 Å². The van der Waals surface area contributed by atoms with Gasteiger partial charge in [0.1, 0.15) is 5.75 Å². The van der Waals surface area contributed by atoms with Crippen LogP contribution in [0.5, 0.6) is 5.75 Å². The standard InChI is InChI=1S/C16H18O4/c17-15(18)10-11-16(19)20-14-9-5-4-8-13(14)12-6-2-1-3-7-12/h4-5,8-12H,1-3,6-7H2,(H,17,18)/b11-10+. The first-order chi connectivity index (χ1) is 9.66. The SMILES string of the molecule is O=C(O)/C=C/C(=O)Oc1ccccc1C1CCCCC1. The van der Waals surface area contributed by atoms with Gasteiger partial charge in [0, 0.05) is 12.2 Å². The minimum absolute atomic E-state index is 0.427. The van der Waals surface area contributed by atoms with E-state index in [0.29, 0.717) is 11.7 Å². The maximum absolute atomic E-state index is 11.6. The van der Waals surface area contributed by atoms with Crippen LogP contribution < -0.4 is 4.74 Å². The Labute approximate surface area is 118 Å². The Kier molecular flexibility index (Phi) is 4.93. The van der Waals surface area contributed by atoms with E-state index in [0.717, 1.165) is 30.6 Å². The van der Waals surface area contributed by atoms with Gasteiger partial charge in [0.05, 0.1) is 0 Å². The van der Waals surface area contributed by atoms with E-state index < -0.39 is 11.9 Å². The van der Waals surface area contributed by atoms with E-state index in [-0.39, 0.29) is 0 Å². The third-order valence-electron chi connectivity index (χ3n) is 3.54. The molecule has 1 aromatic rings. The van der Waals surface area contributed by atoms with Gasteiger partial charge in [0.15, 0.2) is 0 Å². The van der Waals surface area contributed by atoms with Crippen molar-refractivity contribution in [2.45, 2.75) is 38.0 Å². The van der Waals surface area contributed by atoms with Crippen molar-refractivity contribution in [2.75, 3.05) is 0 Å². The molecule has 0 unspecified atom stereocenters. The number of hydrogen-bond acceptors (Lipinski definition) is 3. The summed E-state index contributed by atoms with van der Waals surface area (Å²) in [5.74, 6) is -0.853. The zero-order valence-corrected chi connectivity index (χ0v) is 11.2. The van der Waals surface area contributed by atoms with E-state index >= 15 is 0 Å². The van der Waals surface area contributed by atoms with Crippen LogP contribution in [-0.4, -0.2) is 17.0 Å². The monoisotopic (exact) mass is 274 g/mol. The number of benzene rings is 1. The Morgan fingerprint density at radius 2 is 1.80 bits per heavy atom. The zero-order valence-electron chi connectivity index (χ0n) is 11.2. The van der Waals surface area contributed by atoms with Crippen LogP contribution in [0.25, 0.3) is 0 Å². The number of para-hydroxylation sites is 1. The van der Waals surface area contributed by atoms with E-state index in [1.54, 1.807) is 6.07 Å². The highest BCUT2D eigenvalue weighted by atomic mass is 16.5. The largest absolute Gasteiger partial charge is 0.478 e. The average Bonchev–Trinajstić information content (AvgIpc) is 2.47. The molecule has 20 heavy (non-hydrogen) atoms. The molecule has 1 aliphatic carbocycles. The molecule has 1 aromatic carbocycles. The third kappa shape index (κ3) is 3.95. The molecule has 1 fully saturated rings. The van der Waals surface area contributed by atoms with Crippen LogP contribution in [0.1, 0.15) is 43.6 Å². The van der Waals surface area contributed by atoms with E-state index in [1.807, 2.05) is 18.2 Å². The molecular weight excluding hydrogens is 256 g/mol. The lowest BCUT2D eigenvalue weighted by Gasteiger charge is -2.23. The minimum atomic E-state index is -1.16. The summed E-state index contributed by atoms with van der Waals surface area (Å²) >= 11 is 0. The first kappa shape index (κ1) is 14.3. The van der Waals surface area contributed by atoms with Crippen molar-refractivity contribution in [1.82, 2.24) is 0 Å². The highest BCUT2D eigenvalue weighted by Crippen LogP contribution is 2.37. The average molecular weight is 274 g/mol. The van der Waals surface area contributed by atoms with Crippen molar-refractivity contribution in [3.8, 4) is 5.75 Å². The molecule has 106 valence electrons. The quantitative estimate of drug-likeness (QED) is 0.520. The lowest BCUT2D eigenvalue weighted by molar-refractivity contribution is -0.133. The molecule has 0 saturated heterocycles. The molecular formula is C16H18O4. The number of hydrogen-bond donors (Lipinski definition) is 1. The van der Waals surface area contributed by atoms with Crippen LogP contribution in [0.15, 0.2) is 36.4 Å². The molecule has 4 heteroatoms. The number of esters is 1. The molecule has 0 atom stereocenters. The van der Waals surface area contributed by atoms with Crippen LogP contribution in [0.3, 0.4) is 0 Å². The van der Waals surface area contributed by atoms with Crippen molar-refractivity contribution in [3.05, 3.63) is 42.0 Å². The predicted octanol–water partition coefficient (Wildman–Crippen LogP) is 3.28. The Morgan fingerprint density at radius 3 is 2.50 bits per heavy atom. The van der Waals surface area contributed by atoms with Crippen LogP contribution in [0.4, 0.5) is 0 Å². The molecule has 0 radical (unpaired) electrons. The third-order valence-corrected chi connectivity index (χ3v) is 3.54. The Morgan fingerprint density at radius 1 is 1.10 bits per heavy atom. The predicted molar refractivity (Wildman–Crippen MR) is 74.7 cm³/mol. The fraction of sp³-hybridized carbons (Fsp3) is 0.375. The van der Waals surface area contributed by atoms with Gasteiger partial charge in [-0.1, -0.05) is 37.5 Å². The molecule has 0 aromatic heterocycles. The van der Waals surface area contributed by atoms with E-state index in [2.05, 4.69) is 0 Å². The lowest BCUT2D eigenvalue weighted by atomic mass is 9.84. The molecule has 4 nitrogen and oxygen atoms in total. The van der Waals surface area contributed by atoms with E-state index in [9.17, 15) is 9.59 Å². The summed E-state index contributed by atoms with van der Waals surface area (Å²) in [6.45, 7) is 0. The second-order valence-electron chi connectivity index (χ2n) is 4.97. The molecule has 1 N–H and O–H groups in total. The smallest absolute Gasteiger partial charge is 0.336 e.